The summed E-state index contributed by atoms with van der Waals surface area (Å²) in [5.74, 6) is 0.995. The predicted octanol–water partition coefficient (Wildman–Crippen LogP) is 3.20. The van der Waals surface area contributed by atoms with E-state index in [1.54, 1.807) is 0 Å². The van der Waals surface area contributed by atoms with Crippen LogP contribution >= 0.6 is 24.4 Å². The number of rotatable bonds is 7. The summed E-state index contributed by atoms with van der Waals surface area (Å²) in [5, 5.41) is -0.0895. The van der Waals surface area contributed by atoms with Crippen LogP contribution in [0.4, 0.5) is 4.79 Å². The van der Waals surface area contributed by atoms with E-state index in [-0.39, 0.29) is 16.6 Å². The quantitative estimate of drug-likeness (QED) is 0.725. The molecule has 0 spiro atoms. The zero-order valence-corrected chi connectivity index (χ0v) is 12.3. The van der Waals surface area contributed by atoms with E-state index in [1.807, 2.05) is 0 Å². The van der Waals surface area contributed by atoms with Gasteiger partial charge in [-0.1, -0.05) is 38.5 Å². The summed E-state index contributed by atoms with van der Waals surface area (Å²) in [6, 6.07) is 0. The first-order valence-electron chi connectivity index (χ1n) is 6.16. The Morgan fingerprint density at radius 2 is 1.88 bits per heavy atom. The third-order valence-electron chi connectivity index (χ3n) is 3.23. The molecule has 5 heteroatoms. The molecule has 0 bridgehead atoms. The van der Waals surface area contributed by atoms with Crippen molar-refractivity contribution in [2.45, 2.75) is 39.5 Å². The lowest BCUT2D eigenvalue weighted by Crippen LogP contribution is -2.41. The molecule has 0 aliphatic carbocycles. The lowest BCUT2D eigenvalue weighted by atomic mass is 9.80. The van der Waals surface area contributed by atoms with E-state index < -0.39 is 0 Å². The Morgan fingerprint density at radius 3 is 2.24 bits per heavy atom. The Kier molecular flexibility index (Phi) is 5.86. The Labute approximate surface area is 113 Å². The summed E-state index contributed by atoms with van der Waals surface area (Å²) in [6.45, 7) is 4.81. The Balaban J connectivity index is 2.76. The SMILES string of the molecule is CCCC(CS)(CCC)CN1C(=O)CSC1=O. The monoisotopic (exact) mass is 275 g/mol. The zero-order chi connectivity index (χ0) is 12.9. The molecule has 1 rings (SSSR count). The van der Waals surface area contributed by atoms with Gasteiger partial charge < -0.3 is 0 Å². The summed E-state index contributed by atoms with van der Waals surface area (Å²) in [4.78, 5) is 24.7. The highest BCUT2D eigenvalue weighted by molar-refractivity contribution is 8.14. The molecule has 1 saturated heterocycles. The first-order chi connectivity index (χ1) is 8.08. The van der Waals surface area contributed by atoms with Gasteiger partial charge in [0.05, 0.1) is 5.75 Å². The van der Waals surface area contributed by atoms with Gasteiger partial charge in [0.15, 0.2) is 0 Å². The lowest BCUT2D eigenvalue weighted by Gasteiger charge is -2.34. The van der Waals surface area contributed by atoms with Gasteiger partial charge >= 0.3 is 0 Å². The van der Waals surface area contributed by atoms with Gasteiger partial charge in [0.25, 0.3) is 5.24 Å². The van der Waals surface area contributed by atoms with Crippen LogP contribution < -0.4 is 0 Å². The second-order valence-electron chi connectivity index (χ2n) is 4.69. The number of carbonyl (C=O) groups excluding carboxylic acids is 2. The Morgan fingerprint density at radius 1 is 1.29 bits per heavy atom. The van der Waals surface area contributed by atoms with Gasteiger partial charge in [-0.2, -0.15) is 12.6 Å². The summed E-state index contributed by atoms with van der Waals surface area (Å²) in [6.07, 6.45) is 4.16. The summed E-state index contributed by atoms with van der Waals surface area (Å²) < 4.78 is 0. The van der Waals surface area contributed by atoms with Crippen molar-refractivity contribution in [2.24, 2.45) is 5.41 Å². The average molecular weight is 275 g/mol. The van der Waals surface area contributed by atoms with Crippen LogP contribution in [0.15, 0.2) is 0 Å². The standard InChI is InChI=1S/C12H21NO2S2/c1-3-5-12(9-16,6-4-2)8-13-10(14)7-17-11(13)15/h16H,3-9H2,1-2H3. The lowest BCUT2D eigenvalue weighted by molar-refractivity contribution is -0.125. The molecule has 1 aliphatic heterocycles. The van der Waals surface area contributed by atoms with Crippen LogP contribution in [-0.4, -0.2) is 34.1 Å². The third-order valence-corrected chi connectivity index (χ3v) is 4.76. The van der Waals surface area contributed by atoms with E-state index in [9.17, 15) is 9.59 Å². The van der Waals surface area contributed by atoms with Crippen molar-refractivity contribution in [1.29, 1.82) is 0 Å². The third kappa shape index (κ3) is 3.65. The topological polar surface area (TPSA) is 37.4 Å². The number of amides is 2. The van der Waals surface area contributed by atoms with Crippen molar-refractivity contribution >= 4 is 35.5 Å². The molecule has 0 saturated carbocycles. The number of hydrogen-bond acceptors (Lipinski definition) is 4. The normalized spacial score (nSPS) is 17.0. The highest BCUT2D eigenvalue weighted by Gasteiger charge is 2.37. The van der Waals surface area contributed by atoms with Crippen LogP contribution in [0.5, 0.6) is 0 Å². The maximum Gasteiger partial charge on any atom is 0.288 e. The minimum atomic E-state index is -0.0895. The molecule has 1 heterocycles. The Hall–Kier alpha value is -0.160. The van der Waals surface area contributed by atoms with Gasteiger partial charge in [-0.3, -0.25) is 14.5 Å². The second-order valence-corrected chi connectivity index (χ2v) is 5.94. The van der Waals surface area contributed by atoms with Crippen molar-refractivity contribution in [3.63, 3.8) is 0 Å². The van der Waals surface area contributed by atoms with Crippen LogP contribution in [0.3, 0.4) is 0 Å². The molecule has 0 aromatic heterocycles. The minimum absolute atomic E-state index is 0.00281. The number of thiol groups is 1. The van der Waals surface area contributed by atoms with Crippen LogP contribution in [-0.2, 0) is 4.79 Å². The molecule has 1 fully saturated rings. The zero-order valence-electron chi connectivity index (χ0n) is 10.6. The average Bonchev–Trinajstić information content (AvgIpc) is 2.61. The first kappa shape index (κ1) is 14.9. The maximum absolute atomic E-state index is 11.6. The van der Waals surface area contributed by atoms with Gasteiger partial charge in [-0.25, -0.2) is 0 Å². The number of thioether (sulfide) groups is 1. The van der Waals surface area contributed by atoms with Crippen molar-refractivity contribution in [3.05, 3.63) is 0 Å². The summed E-state index contributed by atoms with van der Waals surface area (Å²) >= 11 is 5.56. The molecule has 2 amide bonds. The number of hydrogen-bond donors (Lipinski definition) is 1. The van der Waals surface area contributed by atoms with Crippen LogP contribution in [0.1, 0.15) is 39.5 Å². The van der Waals surface area contributed by atoms with Crippen molar-refractivity contribution in [2.75, 3.05) is 18.1 Å². The summed E-state index contributed by atoms with van der Waals surface area (Å²) in [7, 11) is 0. The predicted molar refractivity (Wildman–Crippen MR) is 75.7 cm³/mol. The fourth-order valence-electron chi connectivity index (χ4n) is 2.42. The van der Waals surface area contributed by atoms with Gasteiger partial charge in [0, 0.05) is 6.54 Å². The highest BCUT2D eigenvalue weighted by Crippen LogP contribution is 2.34. The number of nitrogens with zero attached hydrogens (tertiary/aromatic N) is 1. The summed E-state index contributed by atoms with van der Waals surface area (Å²) in [5.41, 5.74) is 0.00281. The molecule has 17 heavy (non-hydrogen) atoms. The molecule has 1 aliphatic rings. The van der Waals surface area contributed by atoms with Crippen LogP contribution in [0.25, 0.3) is 0 Å². The van der Waals surface area contributed by atoms with E-state index in [0.717, 1.165) is 43.2 Å². The van der Waals surface area contributed by atoms with Gasteiger partial charge in [-0.15, -0.1) is 0 Å². The molecular weight excluding hydrogens is 254 g/mol. The molecule has 0 aromatic rings. The first-order valence-corrected chi connectivity index (χ1v) is 7.78. The molecular formula is C12H21NO2S2. The molecule has 0 unspecified atom stereocenters. The smallest absolute Gasteiger partial charge is 0.273 e. The van der Waals surface area contributed by atoms with Crippen LogP contribution in [0, 0.1) is 5.41 Å². The van der Waals surface area contributed by atoms with E-state index in [4.69, 9.17) is 0 Å². The van der Waals surface area contributed by atoms with E-state index in [2.05, 4.69) is 26.5 Å². The minimum Gasteiger partial charge on any atom is -0.273 e. The largest absolute Gasteiger partial charge is 0.288 e. The fourth-order valence-corrected chi connectivity index (χ4v) is 3.56. The maximum atomic E-state index is 11.6. The number of carbonyl (C=O) groups is 2. The second kappa shape index (κ2) is 6.69. The van der Waals surface area contributed by atoms with Gasteiger partial charge in [0.2, 0.25) is 5.91 Å². The number of imide groups is 1. The van der Waals surface area contributed by atoms with Crippen molar-refractivity contribution in [3.8, 4) is 0 Å². The highest BCUT2D eigenvalue weighted by atomic mass is 32.2. The fraction of sp³-hybridized carbons (Fsp3) is 0.833. The van der Waals surface area contributed by atoms with E-state index in [0.29, 0.717) is 12.3 Å². The Bertz CT molecular complexity index is 272. The van der Waals surface area contributed by atoms with Crippen molar-refractivity contribution < 1.29 is 9.59 Å². The van der Waals surface area contributed by atoms with Gasteiger partial charge in [0.1, 0.15) is 0 Å². The molecule has 0 aromatic carbocycles. The molecule has 3 nitrogen and oxygen atoms in total. The van der Waals surface area contributed by atoms with Crippen LogP contribution in [0.2, 0.25) is 0 Å². The van der Waals surface area contributed by atoms with E-state index >= 15 is 0 Å². The molecule has 0 radical (unpaired) electrons. The molecule has 0 N–H and O–H groups in total. The van der Waals surface area contributed by atoms with E-state index in [1.165, 1.54) is 4.90 Å². The molecule has 0 atom stereocenters. The molecule has 98 valence electrons. The van der Waals surface area contributed by atoms with Crippen molar-refractivity contribution in [1.82, 2.24) is 4.90 Å². The van der Waals surface area contributed by atoms with Gasteiger partial charge in [-0.05, 0) is 24.0 Å².